The van der Waals surface area contributed by atoms with E-state index in [9.17, 15) is 19.2 Å². The Morgan fingerprint density at radius 2 is 1.19 bits per heavy atom. The number of carbonyl (C=O) groups excluding carboxylic acids is 4. The van der Waals surface area contributed by atoms with Gasteiger partial charge in [-0.15, -0.1) is 0 Å². The number of ether oxygens (including phenoxy) is 2. The van der Waals surface area contributed by atoms with E-state index in [-0.39, 0.29) is 34.8 Å². The van der Waals surface area contributed by atoms with E-state index in [4.69, 9.17) is 9.47 Å². The van der Waals surface area contributed by atoms with Gasteiger partial charge in [0, 0.05) is 16.9 Å². The molecule has 0 atom stereocenters. The Labute approximate surface area is 180 Å². The van der Waals surface area contributed by atoms with Crippen LogP contribution in [0.5, 0.6) is 0 Å². The molecule has 0 spiro atoms. The number of ketones is 1. The molecule has 31 heavy (non-hydrogen) atoms. The molecule has 0 aromatic heterocycles. The first kappa shape index (κ1) is 23.6. The summed E-state index contributed by atoms with van der Waals surface area (Å²) < 4.78 is 10.4. The predicted molar refractivity (Wildman–Crippen MR) is 117 cm³/mol. The number of urea groups is 1. The van der Waals surface area contributed by atoms with E-state index in [2.05, 4.69) is 10.6 Å². The number of rotatable bonds is 7. The molecule has 0 aliphatic heterocycles. The third kappa shape index (κ3) is 7.26. The molecule has 0 bridgehead atoms. The van der Waals surface area contributed by atoms with E-state index in [1.807, 2.05) is 0 Å². The number of hydrogen-bond acceptors (Lipinski definition) is 6. The first-order chi connectivity index (χ1) is 14.5. The second kappa shape index (κ2) is 10.4. The molecule has 0 aliphatic carbocycles. The van der Waals surface area contributed by atoms with Gasteiger partial charge in [-0.05, 0) is 65.0 Å². The van der Waals surface area contributed by atoms with Gasteiger partial charge in [-0.2, -0.15) is 0 Å². The van der Waals surface area contributed by atoms with E-state index in [1.54, 1.807) is 52.0 Å². The highest BCUT2D eigenvalue weighted by Gasteiger charge is 2.18. The van der Waals surface area contributed by atoms with Crippen LogP contribution in [0, 0.1) is 0 Å². The van der Waals surface area contributed by atoms with Gasteiger partial charge in [0.25, 0.3) is 0 Å². The van der Waals surface area contributed by atoms with Gasteiger partial charge >= 0.3 is 18.0 Å². The predicted octanol–water partition coefficient (Wildman–Crippen LogP) is 4.66. The van der Waals surface area contributed by atoms with Crippen LogP contribution in [0.4, 0.5) is 16.2 Å². The standard InChI is InChI=1S/C23H26N2O6/c1-13(2)30-21(27)17-9-18(22(28)31-14(3)4)12-20(11-17)25-23(29)24-19-8-6-7-16(10-19)15(5)26/h6-14H,1-5H3,(H2,24,25,29). The van der Waals surface area contributed by atoms with Gasteiger partial charge in [-0.25, -0.2) is 14.4 Å². The summed E-state index contributed by atoms with van der Waals surface area (Å²) in [5, 5.41) is 5.20. The van der Waals surface area contributed by atoms with Gasteiger partial charge in [0.15, 0.2) is 5.78 Å². The molecular formula is C23H26N2O6. The summed E-state index contributed by atoms with van der Waals surface area (Å²) in [4.78, 5) is 48.7. The zero-order valence-electron chi connectivity index (χ0n) is 18.1. The zero-order valence-corrected chi connectivity index (χ0v) is 18.1. The maximum Gasteiger partial charge on any atom is 0.338 e. The molecule has 164 valence electrons. The summed E-state index contributed by atoms with van der Waals surface area (Å²) in [5.41, 5.74) is 1.27. The molecule has 8 heteroatoms. The largest absolute Gasteiger partial charge is 0.459 e. The maximum atomic E-state index is 12.4. The van der Waals surface area contributed by atoms with E-state index < -0.39 is 18.0 Å². The number of hydrogen-bond donors (Lipinski definition) is 2. The molecule has 0 unspecified atom stereocenters. The third-order valence-corrected chi connectivity index (χ3v) is 3.87. The van der Waals surface area contributed by atoms with Crippen molar-refractivity contribution in [2.45, 2.75) is 46.8 Å². The molecule has 0 saturated carbocycles. The van der Waals surface area contributed by atoms with E-state index in [0.717, 1.165) is 0 Å². The maximum absolute atomic E-state index is 12.4. The molecule has 0 heterocycles. The molecule has 2 N–H and O–H groups in total. The Kier molecular flexibility index (Phi) is 7.90. The van der Waals surface area contributed by atoms with Crippen LogP contribution in [-0.2, 0) is 9.47 Å². The molecule has 2 rings (SSSR count). The molecule has 0 saturated heterocycles. The highest BCUT2D eigenvalue weighted by Crippen LogP contribution is 2.19. The summed E-state index contributed by atoms with van der Waals surface area (Å²) in [5.74, 6) is -1.40. The Balaban J connectivity index is 2.27. The molecule has 0 fully saturated rings. The lowest BCUT2D eigenvalue weighted by atomic mass is 10.1. The fourth-order valence-electron chi connectivity index (χ4n) is 2.61. The van der Waals surface area contributed by atoms with Gasteiger partial charge in [-0.1, -0.05) is 12.1 Å². The Hall–Kier alpha value is -3.68. The highest BCUT2D eigenvalue weighted by atomic mass is 16.5. The molecular weight excluding hydrogens is 400 g/mol. The lowest BCUT2D eigenvalue weighted by molar-refractivity contribution is 0.0377. The van der Waals surface area contributed by atoms with Crippen LogP contribution in [-0.4, -0.2) is 36.0 Å². The van der Waals surface area contributed by atoms with Crippen LogP contribution >= 0.6 is 0 Å². The summed E-state index contributed by atoms with van der Waals surface area (Å²) >= 11 is 0. The van der Waals surface area contributed by atoms with E-state index in [1.165, 1.54) is 25.1 Å². The first-order valence-electron chi connectivity index (χ1n) is 9.81. The van der Waals surface area contributed by atoms with Crippen molar-refractivity contribution in [2.75, 3.05) is 10.6 Å². The number of carbonyl (C=O) groups is 4. The van der Waals surface area contributed by atoms with Crippen LogP contribution in [0.15, 0.2) is 42.5 Å². The van der Waals surface area contributed by atoms with Crippen LogP contribution in [0.2, 0.25) is 0 Å². The van der Waals surface area contributed by atoms with Crippen molar-refractivity contribution in [1.29, 1.82) is 0 Å². The normalized spacial score (nSPS) is 10.5. The van der Waals surface area contributed by atoms with Gasteiger partial charge < -0.3 is 20.1 Å². The Morgan fingerprint density at radius 3 is 1.68 bits per heavy atom. The number of esters is 2. The zero-order chi connectivity index (χ0) is 23.1. The summed E-state index contributed by atoms with van der Waals surface area (Å²) in [6.07, 6.45) is -0.709. The lowest BCUT2D eigenvalue weighted by Crippen LogP contribution is -2.21. The highest BCUT2D eigenvalue weighted by molar-refractivity contribution is 6.03. The van der Waals surface area contributed by atoms with Gasteiger partial charge in [-0.3, -0.25) is 4.79 Å². The lowest BCUT2D eigenvalue weighted by Gasteiger charge is -2.14. The summed E-state index contributed by atoms with van der Waals surface area (Å²) in [6.45, 7) is 8.25. The molecule has 0 radical (unpaired) electrons. The number of nitrogens with one attached hydrogen (secondary N) is 2. The molecule has 2 aromatic rings. The average Bonchev–Trinajstić information content (AvgIpc) is 2.66. The van der Waals surface area contributed by atoms with Gasteiger partial charge in [0.05, 0.1) is 23.3 Å². The van der Waals surface area contributed by atoms with Crippen LogP contribution in [0.3, 0.4) is 0 Å². The van der Waals surface area contributed by atoms with Crippen molar-refractivity contribution in [1.82, 2.24) is 0 Å². The topological polar surface area (TPSA) is 111 Å². The van der Waals surface area contributed by atoms with Crippen molar-refractivity contribution < 1.29 is 28.7 Å². The molecule has 8 nitrogen and oxygen atoms in total. The number of anilines is 2. The first-order valence-corrected chi connectivity index (χ1v) is 9.81. The van der Waals surface area contributed by atoms with Crippen molar-refractivity contribution in [2.24, 2.45) is 0 Å². The van der Waals surface area contributed by atoms with Crippen LogP contribution in [0.1, 0.15) is 65.7 Å². The van der Waals surface area contributed by atoms with Gasteiger partial charge in [0.2, 0.25) is 0 Å². The summed E-state index contributed by atoms with van der Waals surface area (Å²) in [6, 6.07) is 10.0. The van der Waals surface area contributed by atoms with Crippen LogP contribution in [0.25, 0.3) is 0 Å². The quantitative estimate of drug-likeness (QED) is 0.492. The Morgan fingerprint density at radius 1 is 0.710 bits per heavy atom. The third-order valence-electron chi connectivity index (χ3n) is 3.87. The summed E-state index contributed by atoms with van der Waals surface area (Å²) in [7, 11) is 0. The minimum Gasteiger partial charge on any atom is -0.459 e. The van der Waals surface area contributed by atoms with Crippen molar-refractivity contribution in [3.63, 3.8) is 0 Å². The van der Waals surface area contributed by atoms with Crippen LogP contribution < -0.4 is 10.6 Å². The smallest absolute Gasteiger partial charge is 0.338 e. The number of amides is 2. The fraction of sp³-hybridized carbons (Fsp3) is 0.304. The SMILES string of the molecule is CC(=O)c1cccc(NC(=O)Nc2cc(C(=O)OC(C)C)cc(C(=O)OC(C)C)c2)c1. The van der Waals surface area contributed by atoms with Crippen molar-refractivity contribution in [3.05, 3.63) is 59.2 Å². The second-order valence-corrected chi connectivity index (χ2v) is 7.42. The number of benzene rings is 2. The average molecular weight is 426 g/mol. The minimum absolute atomic E-state index is 0.0979. The van der Waals surface area contributed by atoms with E-state index >= 15 is 0 Å². The molecule has 2 aromatic carbocycles. The fourth-order valence-corrected chi connectivity index (χ4v) is 2.61. The van der Waals surface area contributed by atoms with Gasteiger partial charge in [0.1, 0.15) is 0 Å². The monoisotopic (exact) mass is 426 g/mol. The minimum atomic E-state index is -0.633. The van der Waals surface area contributed by atoms with Crippen molar-refractivity contribution >= 4 is 35.1 Å². The Bertz CT molecular complexity index is 957. The second-order valence-electron chi connectivity index (χ2n) is 7.42. The molecule has 0 aliphatic rings. The molecule has 2 amide bonds. The van der Waals surface area contributed by atoms with Crippen molar-refractivity contribution in [3.8, 4) is 0 Å². The van der Waals surface area contributed by atoms with E-state index in [0.29, 0.717) is 11.3 Å². The number of Topliss-reactive ketones (excluding diaryl/α,β-unsaturated/α-hetero) is 1.